The molecule has 122 valence electrons. The van der Waals surface area contributed by atoms with Gasteiger partial charge in [0.05, 0.1) is 20.6 Å². The number of hydrogen-bond donors (Lipinski definition) is 0. The molecule has 0 saturated carbocycles. The highest BCUT2D eigenvalue weighted by molar-refractivity contribution is 6.06. The molecule has 0 aliphatic carbocycles. The third kappa shape index (κ3) is 18.2. The summed E-state index contributed by atoms with van der Waals surface area (Å²) in [4.78, 5) is 0. The molecule has 0 radical (unpaired) electrons. The first-order valence-electron chi connectivity index (χ1n) is 9.09. The van der Waals surface area contributed by atoms with Gasteiger partial charge < -0.3 is 0 Å². The van der Waals surface area contributed by atoms with E-state index in [0.29, 0.717) is 4.00 Å². The van der Waals surface area contributed by atoms with E-state index in [1.54, 1.807) is 0 Å². The molecule has 0 atom stereocenters. The molecule has 0 heterocycles. The molecule has 0 bridgehead atoms. The minimum absolute atomic E-state index is 0.595. The monoisotopic (exact) mass is 304 g/mol. The molecule has 1 nitrogen and oxygen atoms in total. The Morgan fingerprint density at radius 2 is 0.850 bits per heavy atom. The van der Waals surface area contributed by atoms with Crippen LogP contribution in [-0.4, -0.2) is 24.6 Å². The van der Waals surface area contributed by atoms with Crippen LogP contribution in [0.3, 0.4) is 0 Å². The molecule has 0 N–H and O–H groups in total. The van der Waals surface area contributed by atoms with Crippen molar-refractivity contribution in [3.8, 4) is 0 Å². The van der Waals surface area contributed by atoms with E-state index in [1.807, 2.05) is 0 Å². The van der Waals surface area contributed by atoms with Crippen LogP contribution in [0.15, 0.2) is 0 Å². The molecule has 0 unspecified atom stereocenters. The van der Waals surface area contributed by atoms with Crippen LogP contribution in [0, 0.1) is 0 Å². The van der Waals surface area contributed by atoms with Gasteiger partial charge in [-0.05, 0) is 12.8 Å². The quantitative estimate of drug-likeness (QED) is 0.233. The van der Waals surface area contributed by atoms with Crippen molar-refractivity contribution in [1.29, 1.82) is 0 Å². The summed E-state index contributed by atoms with van der Waals surface area (Å²) in [6.45, 7) is 3.38. The molecule has 0 aromatic rings. The fourth-order valence-electron chi connectivity index (χ4n) is 2.68. The minimum Gasteiger partial charge on any atom is -0.227 e. The van der Waals surface area contributed by atoms with E-state index in [9.17, 15) is 0 Å². The second-order valence-electron chi connectivity index (χ2n) is 6.86. The van der Waals surface area contributed by atoms with Crippen molar-refractivity contribution in [1.82, 2.24) is 0 Å². The van der Waals surface area contributed by atoms with Gasteiger partial charge in [-0.1, -0.05) is 84.0 Å². The Morgan fingerprint density at radius 3 is 1.15 bits per heavy atom. The predicted molar refractivity (Wildman–Crippen MR) is 93.1 cm³/mol. The van der Waals surface area contributed by atoms with Gasteiger partial charge in [-0.15, -0.1) is 0 Å². The molecule has 0 aliphatic rings. The fourth-order valence-corrected chi connectivity index (χ4v) is 2.80. The third-order valence-electron chi connectivity index (χ3n) is 4.04. The lowest BCUT2D eigenvalue weighted by molar-refractivity contribution is -0.771. The highest BCUT2D eigenvalue weighted by atomic mass is 35.5. The predicted octanol–water partition coefficient (Wildman–Crippen LogP) is 6.70. The van der Waals surface area contributed by atoms with E-state index in [1.165, 1.54) is 89.9 Å². The Balaban J connectivity index is 2.99. The summed E-state index contributed by atoms with van der Waals surface area (Å²) >= 11 is 6.12. The number of quaternary nitrogens is 1. The topological polar surface area (TPSA) is 0 Å². The summed E-state index contributed by atoms with van der Waals surface area (Å²) in [6, 6.07) is 0. The Morgan fingerprint density at radius 1 is 0.550 bits per heavy atom. The second-order valence-corrected chi connectivity index (χ2v) is 7.77. The smallest absolute Gasteiger partial charge is 0.164 e. The zero-order chi connectivity index (χ0) is 15.1. The van der Waals surface area contributed by atoms with E-state index in [2.05, 4.69) is 21.0 Å². The fraction of sp³-hybridized carbons (Fsp3) is 1.00. The zero-order valence-corrected chi connectivity index (χ0v) is 15.2. The van der Waals surface area contributed by atoms with Gasteiger partial charge in [0.15, 0.2) is 11.8 Å². The van der Waals surface area contributed by atoms with Gasteiger partial charge in [-0.2, -0.15) is 0 Å². The molecule has 0 aliphatic heterocycles. The van der Waals surface area contributed by atoms with Gasteiger partial charge in [0.25, 0.3) is 0 Å². The number of hydrogen-bond acceptors (Lipinski definition) is 0. The Kier molecular flexibility index (Phi) is 14.4. The van der Waals surface area contributed by atoms with Crippen molar-refractivity contribution in [3.63, 3.8) is 0 Å². The third-order valence-corrected chi connectivity index (χ3v) is 4.21. The van der Waals surface area contributed by atoms with Crippen LogP contribution in [0.1, 0.15) is 96.8 Å². The van der Waals surface area contributed by atoms with Crippen LogP contribution < -0.4 is 0 Å². The first-order valence-corrected chi connectivity index (χ1v) is 9.42. The molecule has 20 heavy (non-hydrogen) atoms. The number of unbranched alkanes of at least 4 members (excludes halogenated alkanes) is 13. The highest BCUT2D eigenvalue weighted by Gasteiger charge is 2.09. The van der Waals surface area contributed by atoms with E-state index in [4.69, 9.17) is 11.8 Å². The van der Waals surface area contributed by atoms with Crippen LogP contribution in [-0.2, 0) is 0 Å². The van der Waals surface area contributed by atoms with Crippen LogP contribution in [0.5, 0.6) is 0 Å². The van der Waals surface area contributed by atoms with E-state index >= 15 is 0 Å². The lowest BCUT2D eigenvalue weighted by Gasteiger charge is -2.17. The second kappa shape index (κ2) is 14.2. The summed E-state index contributed by atoms with van der Waals surface area (Å²) in [5, 5.41) is 0. The maximum absolute atomic E-state index is 6.12. The van der Waals surface area contributed by atoms with Crippen molar-refractivity contribution in [3.05, 3.63) is 0 Å². The van der Waals surface area contributed by atoms with Crippen LogP contribution in [0.25, 0.3) is 0 Å². The molecular weight excluding hydrogens is 266 g/mol. The highest BCUT2D eigenvalue weighted by Crippen LogP contribution is 2.13. The molecule has 0 aromatic heterocycles. The molecule has 0 aromatic carbocycles. The number of rotatable bonds is 15. The van der Waals surface area contributed by atoms with Crippen molar-refractivity contribution in [2.45, 2.75) is 96.8 Å². The summed E-state index contributed by atoms with van der Waals surface area (Å²) in [5.41, 5.74) is 0. The van der Waals surface area contributed by atoms with Crippen LogP contribution >= 0.6 is 11.8 Å². The summed E-state index contributed by atoms with van der Waals surface area (Å²) in [7, 11) is 4.12. The van der Waals surface area contributed by atoms with E-state index in [-0.39, 0.29) is 0 Å². The maximum atomic E-state index is 6.12. The molecular formula is C18H39ClN+. The number of halogens is 1. The van der Waals surface area contributed by atoms with Crippen molar-refractivity contribution < 1.29 is 4.00 Å². The lowest BCUT2D eigenvalue weighted by atomic mass is 10.0. The van der Waals surface area contributed by atoms with Gasteiger partial charge in [0.2, 0.25) is 0 Å². The van der Waals surface area contributed by atoms with Gasteiger partial charge in [0, 0.05) is 0 Å². The summed E-state index contributed by atoms with van der Waals surface area (Å²) in [5.74, 6) is 0. The molecule has 0 fully saturated rings. The summed E-state index contributed by atoms with van der Waals surface area (Å²) < 4.78 is 0.595. The Hall–Kier alpha value is 0.250. The maximum Gasteiger partial charge on any atom is 0.164 e. The van der Waals surface area contributed by atoms with Gasteiger partial charge in [-0.25, -0.2) is 4.00 Å². The first kappa shape index (κ1) is 20.2. The zero-order valence-electron chi connectivity index (χ0n) is 14.4. The standard InChI is InChI=1S/C18H39ClN/c1-4-5-6-7-8-9-10-11-12-13-14-15-16-17-18-20(2,3)19/h4-18H2,1-3H3/q+1. The Bertz CT molecular complexity index is 186. The van der Waals surface area contributed by atoms with Crippen molar-refractivity contribution in [2.24, 2.45) is 0 Å². The SMILES string of the molecule is CCCCCCCCCCCCCCCC[N+](C)(C)Cl. The molecule has 0 spiro atoms. The average molecular weight is 305 g/mol. The first-order chi connectivity index (χ1) is 9.56. The molecule has 0 amide bonds. The van der Waals surface area contributed by atoms with Gasteiger partial charge >= 0.3 is 0 Å². The minimum atomic E-state index is 0.595. The number of nitrogens with zero attached hydrogens (tertiary/aromatic N) is 1. The average Bonchev–Trinajstić information content (AvgIpc) is 2.38. The van der Waals surface area contributed by atoms with E-state index < -0.39 is 0 Å². The Labute approximate surface area is 133 Å². The summed E-state index contributed by atoms with van der Waals surface area (Å²) in [6.07, 6.45) is 19.9. The molecule has 0 saturated heterocycles. The van der Waals surface area contributed by atoms with Gasteiger partial charge in [-0.3, -0.25) is 0 Å². The molecule has 0 rings (SSSR count). The largest absolute Gasteiger partial charge is 0.227 e. The lowest BCUT2D eigenvalue weighted by Crippen LogP contribution is -2.28. The molecule has 2 heteroatoms. The van der Waals surface area contributed by atoms with Crippen molar-refractivity contribution in [2.75, 3.05) is 20.6 Å². The van der Waals surface area contributed by atoms with Crippen molar-refractivity contribution >= 4 is 11.8 Å². The van der Waals surface area contributed by atoms with E-state index in [0.717, 1.165) is 6.54 Å². The van der Waals surface area contributed by atoms with Crippen LogP contribution in [0.2, 0.25) is 0 Å². The normalized spacial score (nSPS) is 12.0. The van der Waals surface area contributed by atoms with Gasteiger partial charge in [0.1, 0.15) is 0 Å². The van der Waals surface area contributed by atoms with Crippen LogP contribution in [0.4, 0.5) is 0 Å².